The van der Waals surface area contributed by atoms with Gasteiger partial charge in [-0.15, -0.1) is 0 Å². The van der Waals surface area contributed by atoms with Crippen LogP contribution < -0.4 is 4.74 Å². The number of carbonyl (C=O) groups is 1. The molecule has 19 heavy (non-hydrogen) atoms. The van der Waals surface area contributed by atoms with Gasteiger partial charge in [0.25, 0.3) is 0 Å². The molecule has 0 N–H and O–H groups in total. The number of benzene rings is 1. The highest BCUT2D eigenvalue weighted by molar-refractivity contribution is 6.30. The van der Waals surface area contributed by atoms with Gasteiger partial charge in [-0.1, -0.05) is 11.6 Å². The second kappa shape index (κ2) is 5.62. The summed E-state index contributed by atoms with van der Waals surface area (Å²) in [5, 5.41) is -0.0587. The van der Waals surface area contributed by atoms with Gasteiger partial charge in [0.05, 0.1) is 24.5 Å². The van der Waals surface area contributed by atoms with Crippen LogP contribution in [-0.2, 0) is 4.74 Å². The molecule has 0 fully saturated rings. The Bertz CT molecular complexity index is 604. The van der Waals surface area contributed by atoms with Crippen molar-refractivity contribution < 1.29 is 18.7 Å². The molecule has 5 nitrogen and oxygen atoms in total. The highest BCUT2D eigenvalue weighted by Crippen LogP contribution is 2.24. The first-order valence-corrected chi connectivity index (χ1v) is 5.51. The Balaban J connectivity index is 2.15. The van der Waals surface area contributed by atoms with Gasteiger partial charge >= 0.3 is 5.97 Å². The molecule has 0 bridgehead atoms. The molecule has 2 aromatic rings. The third-order valence-electron chi connectivity index (χ3n) is 2.14. The molecule has 0 atom stereocenters. The average molecular weight is 283 g/mol. The van der Waals surface area contributed by atoms with E-state index in [0.29, 0.717) is 5.75 Å². The quantitative estimate of drug-likeness (QED) is 0.810. The van der Waals surface area contributed by atoms with E-state index in [2.05, 4.69) is 14.7 Å². The van der Waals surface area contributed by atoms with E-state index in [1.165, 1.54) is 37.7 Å². The molecule has 2 rings (SSSR count). The molecule has 0 radical (unpaired) electrons. The molecule has 0 saturated heterocycles. The van der Waals surface area contributed by atoms with Crippen LogP contribution in [0, 0.1) is 5.82 Å². The van der Waals surface area contributed by atoms with Crippen LogP contribution in [0.1, 0.15) is 10.5 Å². The van der Waals surface area contributed by atoms with Gasteiger partial charge in [-0.2, -0.15) is 0 Å². The van der Waals surface area contributed by atoms with Crippen molar-refractivity contribution in [3.63, 3.8) is 0 Å². The standard InChI is InChI=1S/C12H8ClFN2O3/c1-18-12(17)10-5-16-11(6-15-10)19-7-2-3-9(14)8(13)4-7/h2-6H,1H3. The van der Waals surface area contributed by atoms with Crippen molar-refractivity contribution in [1.82, 2.24) is 9.97 Å². The van der Waals surface area contributed by atoms with Crippen molar-refractivity contribution in [3.8, 4) is 11.6 Å². The molecule has 1 aromatic heterocycles. The van der Waals surface area contributed by atoms with E-state index in [0.717, 1.165) is 0 Å². The summed E-state index contributed by atoms with van der Waals surface area (Å²) < 4.78 is 22.7. The summed E-state index contributed by atoms with van der Waals surface area (Å²) in [5.74, 6) is -0.674. The zero-order chi connectivity index (χ0) is 13.8. The van der Waals surface area contributed by atoms with E-state index >= 15 is 0 Å². The molecule has 0 saturated carbocycles. The van der Waals surface area contributed by atoms with Gasteiger partial charge in [-0.3, -0.25) is 0 Å². The monoisotopic (exact) mass is 282 g/mol. The zero-order valence-electron chi connectivity index (χ0n) is 9.76. The Morgan fingerprint density at radius 2 is 2.11 bits per heavy atom. The Hall–Kier alpha value is -2.21. The number of ether oxygens (including phenoxy) is 2. The van der Waals surface area contributed by atoms with Crippen LogP contribution in [0.4, 0.5) is 4.39 Å². The second-order valence-corrected chi connectivity index (χ2v) is 3.82. The number of halogens is 2. The zero-order valence-corrected chi connectivity index (χ0v) is 10.5. The Morgan fingerprint density at radius 1 is 1.32 bits per heavy atom. The molecule has 7 heteroatoms. The Kier molecular flexibility index (Phi) is 3.91. The maximum Gasteiger partial charge on any atom is 0.358 e. The predicted molar refractivity (Wildman–Crippen MR) is 64.9 cm³/mol. The van der Waals surface area contributed by atoms with Crippen LogP contribution in [0.3, 0.4) is 0 Å². The second-order valence-electron chi connectivity index (χ2n) is 3.41. The SMILES string of the molecule is COC(=O)c1cnc(Oc2ccc(F)c(Cl)c2)cn1. The third kappa shape index (κ3) is 3.17. The fourth-order valence-electron chi connectivity index (χ4n) is 1.24. The largest absolute Gasteiger partial charge is 0.464 e. The van der Waals surface area contributed by atoms with Gasteiger partial charge in [0.15, 0.2) is 5.69 Å². The molecule has 98 valence electrons. The number of rotatable bonds is 3. The fraction of sp³-hybridized carbons (Fsp3) is 0.0833. The number of hydrogen-bond acceptors (Lipinski definition) is 5. The summed E-state index contributed by atoms with van der Waals surface area (Å²) in [5.41, 5.74) is 0.0620. The number of aromatic nitrogens is 2. The summed E-state index contributed by atoms with van der Waals surface area (Å²) in [6, 6.07) is 3.89. The molecule has 0 amide bonds. The topological polar surface area (TPSA) is 61.3 Å². The van der Waals surface area contributed by atoms with Gasteiger partial charge in [-0.05, 0) is 12.1 Å². The molecule has 1 heterocycles. The number of methoxy groups -OCH3 is 1. The summed E-state index contributed by atoms with van der Waals surface area (Å²) in [6.07, 6.45) is 2.47. The molecular weight excluding hydrogens is 275 g/mol. The Labute approximate surface area is 113 Å². The predicted octanol–water partition coefficient (Wildman–Crippen LogP) is 2.85. The van der Waals surface area contributed by atoms with Gasteiger partial charge in [0.2, 0.25) is 5.88 Å². The minimum atomic E-state index is -0.594. The normalized spacial score (nSPS) is 10.1. The molecule has 0 unspecified atom stereocenters. The van der Waals surface area contributed by atoms with Crippen molar-refractivity contribution in [2.24, 2.45) is 0 Å². The summed E-state index contributed by atoms with van der Waals surface area (Å²) >= 11 is 5.61. The third-order valence-corrected chi connectivity index (χ3v) is 2.43. The summed E-state index contributed by atoms with van der Waals surface area (Å²) in [6.45, 7) is 0. The first kappa shape index (κ1) is 13.2. The molecule has 0 aliphatic heterocycles. The van der Waals surface area contributed by atoms with Crippen molar-refractivity contribution >= 4 is 17.6 Å². The van der Waals surface area contributed by atoms with Crippen LogP contribution in [0.15, 0.2) is 30.6 Å². The minimum Gasteiger partial charge on any atom is -0.464 e. The van der Waals surface area contributed by atoms with Crippen molar-refractivity contribution in [1.29, 1.82) is 0 Å². The van der Waals surface area contributed by atoms with Gasteiger partial charge < -0.3 is 9.47 Å². The van der Waals surface area contributed by atoms with E-state index < -0.39 is 11.8 Å². The number of hydrogen-bond donors (Lipinski definition) is 0. The van der Waals surface area contributed by atoms with Gasteiger partial charge in [0.1, 0.15) is 11.6 Å². The summed E-state index contributed by atoms with van der Waals surface area (Å²) in [4.78, 5) is 18.8. The van der Waals surface area contributed by atoms with Crippen molar-refractivity contribution in [2.75, 3.05) is 7.11 Å². The molecular formula is C12H8ClFN2O3. The molecule has 0 aliphatic carbocycles. The number of esters is 1. The highest BCUT2D eigenvalue weighted by atomic mass is 35.5. The molecule has 1 aromatic carbocycles. The van der Waals surface area contributed by atoms with Gasteiger partial charge in [-0.25, -0.2) is 19.2 Å². The lowest BCUT2D eigenvalue weighted by Gasteiger charge is -2.05. The Morgan fingerprint density at radius 3 is 2.68 bits per heavy atom. The van der Waals surface area contributed by atoms with Crippen LogP contribution in [0.25, 0.3) is 0 Å². The van der Waals surface area contributed by atoms with E-state index in [4.69, 9.17) is 16.3 Å². The maximum atomic E-state index is 13.0. The first-order valence-electron chi connectivity index (χ1n) is 5.13. The average Bonchev–Trinajstić information content (AvgIpc) is 2.43. The van der Waals surface area contributed by atoms with E-state index in [1.807, 2.05) is 0 Å². The van der Waals surface area contributed by atoms with Crippen LogP contribution in [0.5, 0.6) is 11.6 Å². The van der Waals surface area contributed by atoms with E-state index in [-0.39, 0.29) is 16.6 Å². The van der Waals surface area contributed by atoms with Crippen molar-refractivity contribution in [2.45, 2.75) is 0 Å². The van der Waals surface area contributed by atoms with E-state index in [9.17, 15) is 9.18 Å². The minimum absolute atomic E-state index is 0.0587. The lowest BCUT2D eigenvalue weighted by molar-refractivity contribution is 0.0593. The number of nitrogens with zero attached hydrogens (tertiary/aromatic N) is 2. The van der Waals surface area contributed by atoms with E-state index in [1.54, 1.807) is 0 Å². The first-order chi connectivity index (χ1) is 9.10. The fourth-order valence-corrected chi connectivity index (χ4v) is 1.41. The highest BCUT2D eigenvalue weighted by Gasteiger charge is 2.09. The molecule has 0 spiro atoms. The van der Waals surface area contributed by atoms with Crippen LogP contribution in [-0.4, -0.2) is 23.0 Å². The van der Waals surface area contributed by atoms with Crippen LogP contribution in [0.2, 0.25) is 5.02 Å². The van der Waals surface area contributed by atoms with Gasteiger partial charge in [0, 0.05) is 6.07 Å². The lowest BCUT2D eigenvalue weighted by Crippen LogP contribution is -2.04. The summed E-state index contributed by atoms with van der Waals surface area (Å²) in [7, 11) is 1.24. The van der Waals surface area contributed by atoms with Crippen LogP contribution >= 0.6 is 11.6 Å². The maximum absolute atomic E-state index is 13.0. The van der Waals surface area contributed by atoms with Crippen molar-refractivity contribution in [3.05, 3.63) is 47.1 Å². The lowest BCUT2D eigenvalue weighted by atomic mass is 10.3. The number of carbonyl (C=O) groups excluding carboxylic acids is 1. The molecule has 0 aliphatic rings. The smallest absolute Gasteiger partial charge is 0.358 e.